The second kappa shape index (κ2) is 7.92. The second-order valence-corrected chi connectivity index (χ2v) is 8.63. The van der Waals surface area contributed by atoms with E-state index < -0.39 is 21.1 Å². The lowest BCUT2D eigenvalue weighted by Crippen LogP contribution is -2.33. The van der Waals surface area contributed by atoms with Crippen LogP contribution in [0.1, 0.15) is 36.3 Å². The van der Waals surface area contributed by atoms with Crippen molar-refractivity contribution in [1.29, 1.82) is 0 Å². The predicted octanol–water partition coefficient (Wildman–Crippen LogP) is 1.78. The van der Waals surface area contributed by atoms with Crippen LogP contribution in [0.5, 0.6) is 0 Å². The van der Waals surface area contributed by atoms with E-state index >= 15 is 0 Å². The van der Waals surface area contributed by atoms with Crippen molar-refractivity contribution in [3.05, 3.63) is 22.4 Å². The highest BCUT2D eigenvalue weighted by Gasteiger charge is 2.33. The van der Waals surface area contributed by atoms with Crippen molar-refractivity contribution in [2.75, 3.05) is 25.4 Å². The lowest BCUT2D eigenvalue weighted by Gasteiger charge is -2.19. The van der Waals surface area contributed by atoms with E-state index in [-0.39, 0.29) is 37.7 Å². The molecular weight excluding hydrogens is 338 g/mol. The Morgan fingerprint density at radius 3 is 2.78 bits per heavy atom. The Hall–Kier alpha value is -1.41. The van der Waals surface area contributed by atoms with Crippen LogP contribution in [0.25, 0.3) is 0 Å². The smallest absolute Gasteiger partial charge is 0.306 e. The van der Waals surface area contributed by atoms with Crippen molar-refractivity contribution in [3.63, 3.8) is 0 Å². The summed E-state index contributed by atoms with van der Waals surface area (Å²) in [5.74, 6) is -0.638. The Morgan fingerprint density at radius 2 is 2.13 bits per heavy atom. The molecule has 0 spiro atoms. The number of hydrogen-bond acceptors (Lipinski definition) is 6. The molecule has 1 atom stereocenters. The van der Waals surface area contributed by atoms with E-state index in [9.17, 15) is 18.0 Å². The fraction of sp³-hybridized carbons (Fsp3) is 0.600. The lowest BCUT2D eigenvalue weighted by molar-refractivity contribution is -0.145. The predicted molar refractivity (Wildman–Crippen MR) is 87.9 cm³/mol. The molecule has 128 valence electrons. The molecule has 0 aromatic carbocycles. The van der Waals surface area contributed by atoms with Crippen LogP contribution < -0.4 is 0 Å². The highest BCUT2D eigenvalue weighted by Crippen LogP contribution is 2.32. The summed E-state index contributed by atoms with van der Waals surface area (Å²) in [5.41, 5.74) is 0. The first-order valence-electron chi connectivity index (χ1n) is 7.62. The summed E-state index contributed by atoms with van der Waals surface area (Å²) in [4.78, 5) is 25.9. The van der Waals surface area contributed by atoms with E-state index in [4.69, 9.17) is 4.74 Å². The molecule has 2 rings (SSSR count). The van der Waals surface area contributed by atoms with Crippen LogP contribution in [-0.4, -0.2) is 50.6 Å². The average molecular weight is 359 g/mol. The summed E-state index contributed by atoms with van der Waals surface area (Å²) in [6.45, 7) is 2.58. The third kappa shape index (κ3) is 4.78. The minimum Gasteiger partial charge on any atom is -0.466 e. The normalized spacial score (nSPS) is 20.7. The standard InChI is InChI=1S/C15H21NO5S2/c1-2-21-15(18)6-5-14(17)16-8-7-13(12-4-3-10-22-12)23(19,20)11-9-16/h3-4,10,13H,2,5-9,11H2,1H3/t13-/m0/s1. The summed E-state index contributed by atoms with van der Waals surface area (Å²) >= 11 is 1.43. The van der Waals surface area contributed by atoms with Crippen LogP contribution in [0.15, 0.2) is 17.5 Å². The van der Waals surface area contributed by atoms with Crippen LogP contribution in [0.4, 0.5) is 0 Å². The molecule has 0 saturated carbocycles. The number of ether oxygens (including phenoxy) is 1. The van der Waals surface area contributed by atoms with Crippen molar-refractivity contribution < 1.29 is 22.7 Å². The Kier molecular flexibility index (Phi) is 6.17. The SMILES string of the molecule is CCOC(=O)CCC(=O)N1CC[C@@H](c2cccs2)S(=O)(=O)CC1. The Labute approximate surface area is 140 Å². The summed E-state index contributed by atoms with van der Waals surface area (Å²) in [5, 5.41) is 1.32. The maximum Gasteiger partial charge on any atom is 0.306 e. The molecule has 1 aromatic heterocycles. The van der Waals surface area contributed by atoms with Crippen molar-refractivity contribution in [3.8, 4) is 0 Å². The third-order valence-corrected chi connectivity index (χ3v) is 7.05. The first-order valence-corrected chi connectivity index (χ1v) is 10.2. The van der Waals surface area contributed by atoms with E-state index in [1.54, 1.807) is 11.8 Å². The average Bonchev–Trinajstić information content (AvgIpc) is 2.97. The number of thiophene rings is 1. The molecule has 1 amide bonds. The van der Waals surface area contributed by atoms with Gasteiger partial charge in [0.2, 0.25) is 5.91 Å². The van der Waals surface area contributed by atoms with Crippen LogP contribution in [0.3, 0.4) is 0 Å². The first-order chi connectivity index (χ1) is 10.9. The van der Waals surface area contributed by atoms with E-state index in [0.29, 0.717) is 13.0 Å². The summed E-state index contributed by atoms with van der Waals surface area (Å²) in [6.07, 6.45) is 0.487. The van der Waals surface area contributed by atoms with Crippen LogP contribution in [-0.2, 0) is 24.2 Å². The summed E-state index contributed by atoms with van der Waals surface area (Å²) in [6, 6.07) is 3.66. The molecule has 2 heterocycles. The number of sulfone groups is 1. The molecule has 0 N–H and O–H groups in total. The monoisotopic (exact) mass is 359 g/mol. The molecule has 1 aliphatic heterocycles. The van der Waals surface area contributed by atoms with E-state index in [0.717, 1.165) is 4.88 Å². The van der Waals surface area contributed by atoms with Gasteiger partial charge in [-0.3, -0.25) is 9.59 Å². The van der Waals surface area contributed by atoms with Crippen molar-refractivity contribution in [2.24, 2.45) is 0 Å². The zero-order chi connectivity index (χ0) is 16.9. The number of rotatable bonds is 5. The van der Waals surface area contributed by atoms with E-state index in [1.165, 1.54) is 11.3 Å². The van der Waals surface area contributed by atoms with E-state index in [1.807, 2.05) is 17.5 Å². The number of esters is 1. The van der Waals surface area contributed by atoms with Gasteiger partial charge in [0, 0.05) is 24.4 Å². The molecule has 1 aromatic rings. The molecule has 23 heavy (non-hydrogen) atoms. The summed E-state index contributed by atoms with van der Waals surface area (Å²) in [7, 11) is -3.26. The van der Waals surface area contributed by atoms with E-state index in [2.05, 4.69) is 0 Å². The number of nitrogens with zero attached hydrogens (tertiary/aromatic N) is 1. The summed E-state index contributed by atoms with van der Waals surface area (Å²) < 4.78 is 29.6. The molecule has 6 nitrogen and oxygen atoms in total. The number of carbonyl (C=O) groups is 2. The van der Waals surface area contributed by atoms with Gasteiger partial charge in [-0.05, 0) is 24.8 Å². The fourth-order valence-electron chi connectivity index (χ4n) is 2.59. The van der Waals surface area contributed by atoms with Gasteiger partial charge in [-0.25, -0.2) is 8.42 Å². The topological polar surface area (TPSA) is 80.8 Å². The van der Waals surface area contributed by atoms with Crippen LogP contribution in [0, 0.1) is 0 Å². The molecule has 0 aliphatic carbocycles. The molecule has 0 bridgehead atoms. The quantitative estimate of drug-likeness (QED) is 0.749. The maximum absolute atomic E-state index is 12.4. The maximum atomic E-state index is 12.4. The zero-order valence-electron chi connectivity index (χ0n) is 13.1. The molecule has 8 heteroatoms. The molecular formula is C15H21NO5S2. The van der Waals surface area contributed by atoms with Crippen molar-refractivity contribution >= 4 is 33.1 Å². The van der Waals surface area contributed by atoms with Gasteiger partial charge >= 0.3 is 5.97 Å². The van der Waals surface area contributed by atoms with Gasteiger partial charge in [0.05, 0.1) is 24.0 Å². The van der Waals surface area contributed by atoms with Gasteiger partial charge in [0.1, 0.15) is 0 Å². The Morgan fingerprint density at radius 1 is 1.35 bits per heavy atom. The highest BCUT2D eigenvalue weighted by molar-refractivity contribution is 7.91. The highest BCUT2D eigenvalue weighted by atomic mass is 32.2. The van der Waals surface area contributed by atoms with Crippen molar-refractivity contribution in [1.82, 2.24) is 4.90 Å². The number of amides is 1. The third-order valence-electron chi connectivity index (χ3n) is 3.80. The lowest BCUT2D eigenvalue weighted by atomic mass is 10.2. The van der Waals surface area contributed by atoms with Crippen LogP contribution in [0.2, 0.25) is 0 Å². The van der Waals surface area contributed by atoms with Gasteiger partial charge in [-0.2, -0.15) is 0 Å². The van der Waals surface area contributed by atoms with Crippen LogP contribution >= 0.6 is 11.3 Å². The largest absolute Gasteiger partial charge is 0.466 e. The zero-order valence-corrected chi connectivity index (χ0v) is 14.7. The number of carbonyl (C=O) groups excluding carboxylic acids is 2. The van der Waals surface area contributed by atoms with Gasteiger partial charge in [-0.15, -0.1) is 11.3 Å². The fourth-order valence-corrected chi connectivity index (χ4v) is 5.59. The van der Waals surface area contributed by atoms with Gasteiger partial charge in [-0.1, -0.05) is 6.07 Å². The Bertz CT molecular complexity index is 639. The first kappa shape index (κ1) is 17.9. The van der Waals surface area contributed by atoms with Crippen molar-refractivity contribution in [2.45, 2.75) is 31.4 Å². The molecule has 1 aliphatic rings. The van der Waals surface area contributed by atoms with Gasteiger partial charge in [0.15, 0.2) is 9.84 Å². The Balaban J connectivity index is 1.97. The minimum absolute atomic E-state index is 0.0320. The molecule has 1 fully saturated rings. The second-order valence-electron chi connectivity index (χ2n) is 5.35. The van der Waals surface area contributed by atoms with Gasteiger partial charge < -0.3 is 9.64 Å². The van der Waals surface area contributed by atoms with Gasteiger partial charge in [0.25, 0.3) is 0 Å². The minimum atomic E-state index is -3.26. The molecule has 1 saturated heterocycles. The molecule has 0 unspecified atom stereocenters. The number of hydrogen-bond donors (Lipinski definition) is 0. The molecule has 0 radical (unpaired) electrons.